The maximum Gasteiger partial charge on any atom is 0.230 e. The average molecular weight is 466 g/mol. The van der Waals surface area contributed by atoms with Crippen LogP contribution < -0.4 is 10.2 Å². The van der Waals surface area contributed by atoms with Gasteiger partial charge in [-0.15, -0.1) is 0 Å². The Hall–Kier alpha value is -2.86. The second-order valence-corrected chi connectivity index (χ2v) is 9.61. The van der Waals surface area contributed by atoms with Gasteiger partial charge in [0, 0.05) is 51.1 Å². The van der Waals surface area contributed by atoms with Crippen molar-refractivity contribution < 1.29 is 14.3 Å². The summed E-state index contributed by atoms with van der Waals surface area (Å²) in [7, 11) is 3.99. The maximum absolute atomic E-state index is 13.9. The van der Waals surface area contributed by atoms with E-state index in [1.54, 1.807) is 0 Å². The second kappa shape index (κ2) is 12.0. The summed E-state index contributed by atoms with van der Waals surface area (Å²) in [6, 6.07) is 15.9. The first-order valence-electron chi connectivity index (χ1n) is 12.4. The van der Waals surface area contributed by atoms with Gasteiger partial charge in [-0.25, -0.2) is 0 Å². The largest absolute Gasteiger partial charge is 0.377 e. The molecule has 0 saturated carbocycles. The zero-order chi connectivity index (χ0) is 24.7. The van der Waals surface area contributed by atoms with Crippen molar-refractivity contribution in [2.45, 2.75) is 58.6 Å². The third-order valence-corrected chi connectivity index (χ3v) is 6.38. The van der Waals surface area contributed by atoms with Crippen molar-refractivity contribution in [1.82, 2.24) is 4.90 Å². The number of rotatable bonds is 10. The van der Waals surface area contributed by atoms with Crippen LogP contribution in [0.25, 0.3) is 0 Å². The van der Waals surface area contributed by atoms with Crippen molar-refractivity contribution in [2.24, 2.45) is 5.92 Å². The molecule has 0 spiro atoms. The van der Waals surface area contributed by atoms with Gasteiger partial charge in [0.25, 0.3) is 0 Å². The number of hydrogen-bond donors (Lipinski definition) is 1. The van der Waals surface area contributed by atoms with Crippen molar-refractivity contribution in [3.05, 3.63) is 59.7 Å². The Balaban J connectivity index is 1.93. The molecule has 1 fully saturated rings. The minimum absolute atomic E-state index is 0.0223. The molecule has 0 aliphatic carbocycles. The van der Waals surface area contributed by atoms with Gasteiger partial charge in [-0.3, -0.25) is 9.59 Å². The van der Waals surface area contributed by atoms with Gasteiger partial charge in [0.1, 0.15) is 0 Å². The van der Waals surface area contributed by atoms with Crippen LogP contribution in [0.4, 0.5) is 11.4 Å². The highest BCUT2D eigenvalue weighted by Crippen LogP contribution is 2.29. The lowest BCUT2D eigenvalue weighted by Gasteiger charge is -2.31. The summed E-state index contributed by atoms with van der Waals surface area (Å²) in [6.07, 6.45) is 2.79. The highest BCUT2D eigenvalue weighted by molar-refractivity contribution is 5.92. The molecule has 1 aliphatic rings. The van der Waals surface area contributed by atoms with Crippen molar-refractivity contribution in [1.29, 1.82) is 0 Å². The van der Waals surface area contributed by atoms with E-state index in [1.807, 2.05) is 86.3 Å². The molecule has 1 aliphatic heterocycles. The van der Waals surface area contributed by atoms with E-state index in [0.717, 1.165) is 48.4 Å². The summed E-state index contributed by atoms with van der Waals surface area (Å²) in [6.45, 7) is 7.59. The summed E-state index contributed by atoms with van der Waals surface area (Å²) < 4.78 is 5.91. The van der Waals surface area contributed by atoms with Gasteiger partial charge in [-0.1, -0.05) is 51.1 Å². The van der Waals surface area contributed by atoms with Crippen molar-refractivity contribution >= 4 is 23.2 Å². The number of amides is 2. The highest BCUT2D eigenvalue weighted by atomic mass is 16.5. The predicted molar refractivity (Wildman–Crippen MR) is 138 cm³/mol. The first-order chi connectivity index (χ1) is 16.3. The number of carbonyl (C=O) groups is 2. The fraction of sp³-hybridized carbons (Fsp3) is 0.500. The molecule has 2 atom stereocenters. The number of carbonyl (C=O) groups excluding carboxylic acids is 2. The standard InChI is InChI=1S/C28H39N3O3/c1-6-25(21-11-8-7-9-12-21)28(33)31(19-24-13-10-16-34-24)18-22-17-23(29-27(32)20(2)3)14-15-26(22)30(4)5/h7-9,11-12,14-15,17,20,24-25H,6,10,13,16,18-19H2,1-5H3,(H,29,32)/t24-,25-/m1/s1. The predicted octanol–water partition coefficient (Wildman–Crippen LogP) is 5.05. The Morgan fingerprint density at radius 1 is 1.12 bits per heavy atom. The Bertz CT molecular complexity index is 953. The minimum atomic E-state index is -0.200. The van der Waals surface area contributed by atoms with Crippen LogP contribution in [-0.4, -0.2) is 50.1 Å². The number of nitrogens with one attached hydrogen (secondary N) is 1. The zero-order valence-electron chi connectivity index (χ0n) is 21.2. The van der Waals surface area contributed by atoms with E-state index in [-0.39, 0.29) is 29.8 Å². The molecular formula is C28H39N3O3. The lowest BCUT2D eigenvalue weighted by Crippen LogP contribution is -2.40. The van der Waals surface area contributed by atoms with E-state index in [4.69, 9.17) is 4.74 Å². The number of ether oxygens (including phenoxy) is 1. The number of anilines is 2. The Labute approximate surface area is 204 Å². The van der Waals surface area contributed by atoms with Crippen LogP contribution in [0.5, 0.6) is 0 Å². The molecule has 2 amide bonds. The van der Waals surface area contributed by atoms with Gasteiger partial charge < -0.3 is 19.9 Å². The Morgan fingerprint density at radius 2 is 1.85 bits per heavy atom. The van der Waals surface area contributed by atoms with Gasteiger partial charge >= 0.3 is 0 Å². The number of hydrogen-bond acceptors (Lipinski definition) is 4. The van der Waals surface area contributed by atoms with Gasteiger partial charge in [0.15, 0.2) is 0 Å². The maximum atomic E-state index is 13.9. The molecule has 6 heteroatoms. The molecule has 1 heterocycles. The van der Waals surface area contributed by atoms with Crippen LogP contribution in [0.15, 0.2) is 48.5 Å². The third kappa shape index (κ3) is 6.60. The summed E-state index contributed by atoms with van der Waals surface area (Å²) in [5.41, 5.74) is 3.82. The molecule has 0 unspecified atom stereocenters. The molecule has 184 valence electrons. The average Bonchev–Trinajstić information content (AvgIpc) is 3.33. The third-order valence-electron chi connectivity index (χ3n) is 6.38. The number of nitrogens with zero attached hydrogens (tertiary/aromatic N) is 2. The zero-order valence-corrected chi connectivity index (χ0v) is 21.2. The molecule has 6 nitrogen and oxygen atoms in total. The van der Waals surface area contributed by atoms with E-state index >= 15 is 0 Å². The lowest BCUT2D eigenvalue weighted by atomic mass is 9.94. The quantitative estimate of drug-likeness (QED) is 0.533. The molecule has 0 aromatic heterocycles. The molecule has 1 N–H and O–H groups in total. The van der Waals surface area contributed by atoms with Gasteiger partial charge in [0.05, 0.1) is 12.0 Å². The van der Waals surface area contributed by atoms with Crippen molar-refractivity contribution in [3.8, 4) is 0 Å². The van der Waals surface area contributed by atoms with E-state index in [2.05, 4.69) is 12.2 Å². The molecular weight excluding hydrogens is 426 g/mol. The second-order valence-electron chi connectivity index (χ2n) is 9.61. The molecule has 1 saturated heterocycles. The van der Waals surface area contributed by atoms with E-state index in [9.17, 15) is 9.59 Å². The smallest absolute Gasteiger partial charge is 0.230 e. The van der Waals surface area contributed by atoms with E-state index in [1.165, 1.54) is 0 Å². The summed E-state index contributed by atoms with van der Waals surface area (Å²) in [4.78, 5) is 30.2. The fourth-order valence-electron chi connectivity index (χ4n) is 4.44. The lowest BCUT2D eigenvalue weighted by molar-refractivity contribution is -0.135. The molecule has 2 aromatic carbocycles. The summed E-state index contributed by atoms with van der Waals surface area (Å²) >= 11 is 0. The highest BCUT2D eigenvalue weighted by Gasteiger charge is 2.29. The van der Waals surface area contributed by atoms with Crippen LogP contribution >= 0.6 is 0 Å². The van der Waals surface area contributed by atoms with Crippen LogP contribution in [0.1, 0.15) is 57.1 Å². The molecule has 2 aromatic rings. The molecule has 0 bridgehead atoms. The van der Waals surface area contributed by atoms with Gasteiger partial charge in [-0.05, 0) is 48.6 Å². The van der Waals surface area contributed by atoms with Crippen molar-refractivity contribution in [3.63, 3.8) is 0 Å². The van der Waals surface area contributed by atoms with Crippen LogP contribution in [0, 0.1) is 5.92 Å². The first-order valence-corrected chi connectivity index (χ1v) is 12.4. The normalized spacial score (nSPS) is 16.4. The van der Waals surface area contributed by atoms with E-state index in [0.29, 0.717) is 13.1 Å². The SMILES string of the molecule is CC[C@@H](C(=O)N(Cc1cc(NC(=O)C(C)C)ccc1N(C)C)C[C@H]1CCCO1)c1ccccc1. The number of benzene rings is 2. The van der Waals surface area contributed by atoms with Gasteiger partial charge in [-0.2, -0.15) is 0 Å². The fourth-order valence-corrected chi connectivity index (χ4v) is 4.44. The monoisotopic (exact) mass is 465 g/mol. The van der Waals surface area contributed by atoms with Crippen LogP contribution in [-0.2, 0) is 20.9 Å². The summed E-state index contributed by atoms with van der Waals surface area (Å²) in [5.74, 6) is -0.212. The molecule has 0 radical (unpaired) electrons. The minimum Gasteiger partial charge on any atom is -0.377 e. The molecule has 34 heavy (non-hydrogen) atoms. The van der Waals surface area contributed by atoms with Gasteiger partial charge in [0.2, 0.25) is 11.8 Å². The summed E-state index contributed by atoms with van der Waals surface area (Å²) in [5, 5.41) is 3.00. The van der Waals surface area contributed by atoms with Crippen LogP contribution in [0.3, 0.4) is 0 Å². The Morgan fingerprint density at radius 3 is 2.44 bits per heavy atom. The topological polar surface area (TPSA) is 61.9 Å². The van der Waals surface area contributed by atoms with Crippen molar-refractivity contribution in [2.75, 3.05) is 37.5 Å². The molecule has 3 rings (SSSR count). The first kappa shape index (κ1) is 25.8. The van der Waals surface area contributed by atoms with Crippen LogP contribution in [0.2, 0.25) is 0 Å². The van der Waals surface area contributed by atoms with E-state index < -0.39 is 0 Å². The Kier molecular flexibility index (Phi) is 9.11.